The molecule has 3 nitrogen and oxygen atoms in total. The van der Waals surface area contributed by atoms with E-state index >= 15 is 0 Å². The van der Waals surface area contributed by atoms with Gasteiger partial charge in [0.1, 0.15) is 0 Å². The van der Waals surface area contributed by atoms with E-state index in [-0.39, 0.29) is 6.04 Å². The number of aromatic nitrogens is 1. The van der Waals surface area contributed by atoms with Gasteiger partial charge in [-0.1, -0.05) is 48.5 Å². The average molecular weight is 332 g/mol. The first-order valence-electron chi connectivity index (χ1n) is 9.09. The number of hydrogen-bond donors (Lipinski definition) is 0. The maximum Gasteiger partial charge on any atom is 0.223 e. The Kier molecular flexibility index (Phi) is 4.31. The second-order valence-electron chi connectivity index (χ2n) is 7.04. The van der Waals surface area contributed by atoms with Crippen molar-refractivity contribution in [3.63, 3.8) is 0 Å². The molecule has 1 aliphatic heterocycles. The quantitative estimate of drug-likeness (QED) is 0.699. The SMILES string of the molecule is Cn1cc(CC2CCCC(=O)N2Cc2ccccc2)c2ccccc21. The number of hydrogen-bond acceptors (Lipinski definition) is 1. The van der Waals surface area contributed by atoms with Crippen LogP contribution in [0.25, 0.3) is 10.9 Å². The predicted molar refractivity (Wildman–Crippen MR) is 101 cm³/mol. The number of carbonyl (C=O) groups excluding carboxylic acids is 1. The van der Waals surface area contributed by atoms with E-state index in [4.69, 9.17) is 0 Å². The number of benzene rings is 2. The Balaban J connectivity index is 1.61. The van der Waals surface area contributed by atoms with Gasteiger partial charge in [0.25, 0.3) is 0 Å². The van der Waals surface area contributed by atoms with E-state index in [0.717, 1.165) is 25.8 Å². The van der Waals surface area contributed by atoms with Crippen LogP contribution in [0.1, 0.15) is 30.4 Å². The number of likely N-dealkylation sites (tertiary alicyclic amines) is 1. The molecule has 1 aliphatic rings. The monoisotopic (exact) mass is 332 g/mol. The van der Waals surface area contributed by atoms with Crippen molar-refractivity contribution < 1.29 is 4.79 Å². The normalized spacial score (nSPS) is 18.0. The van der Waals surface area contributed by atoms with Gasteiger partial charge in [0.05, 0.1) is 0 Å². The van der Waals surface area contributed by atoms with Gasteiger partial charge in [0.15, 0.2) is 0 Å². The number of fused-ring (bicyclic) bond motifs is 1. The third-order valence-electron chi connectivity index (χ3n) is 5.32. The van der Waals surface area contributed by atoms with Crippen LogP contribution in [0.5, 0.6) is 0 Å². The number of amides is 1. The molecule has 0 N–H and O–H groups in total. The van der Waals surface area contributed by atoms with Crippen LogP contribution in [-0.2, 0) is 24.8 Å². The molecule has 25 heavy (non-hydrogen) atoms. The summed E-state index contributed by atoms with van der Waals surface area (Å²) >= 11 is 0. The second-order valence-corrected chi connectivity index (χ2v) is 7.04. The largest absolute Gasteiger partial charge is 0.350 e. The van der Waals surface area contributed by atoms with Gasteiger partial charge < -0.3 is 9.47 Å². The van der Waals surface area contributed by atoms with Gasteiger partial charge in [-0.05, 0) is 36.5 Å². The number of nitrogens with zero attached hydrogens (tertiary/aromatic N) is 2. The predicted octanol–water partition coefficient (Wildman–Crippen LogP) is 4.30. The average Bonchev–Trinajstić information content (AvgIpc) is 2.95. The molecule has 1 atom stereocenters. The Labute approximate surface area is 148 Å². The molecule has 3 heteroatoms. The van der Waals surface area contributed by atoms with E-state index in [1.165, 1.54) is 22.0 Å². The van der Waals surface area contributed by atoms with Crippen molar-refractivity contribution in [2.24, 2.45) is 7.05 Å². The number of piperidine rings is 1. The molecule has 0 radical (unpaired) electrons. The molecule has 1 fully saturated rings. The highest BCUT2D eigenvalue weighted by molar-refractivity contribution is 5.84. The lowest BCUT2D eigenvalue weighted by atomic mass is 9.94. The highest BCUT2D eigenvalue weighted by Gasteiger charge is 2.28. The summed E-state index contributed by atoms with van der Waals surface area (Å²) in [6.07, 6.45) is 5.92. The molecule has 0 bridgehead atoms. The summed E-state index contributed by atoms with van der Waals surface area (Å²) < 4.78 is 2.19. The third-order valence-corrected chi connectivity index (χ3v) is 5.32. The van der Waals surface area contributed by atoms with Gasteiger partial charge in [0.2, 0.25) is 5.91 Å². The molecule has 2 heterocycles. The highest BCUT2D eigenvalue weighted by atomic mass is 16.2. The first kappa shape index (κ1) is 15.9. The molecule has 128 valence electrons. The van der Waals surface area contributed by atoms with E-state index in [2.05, 4.69) is 59.1 Å². The van der Waals surface area contributed by atoms with Crippen LogP contribution in [-0.4, -0.2) is 21.4 Å². The van der Waals surface area contributed by atoms with Gasteiger partial charge in [-0.15, -0.1) is 0 Å². The molecule has 2 aromatic carbocycles. The maximum absolute atomic E-state index is 12.6. The van der Waals surface area contributed by atoms with Crippen molar-refractivity contribution >= 4 is 16.8 Å². The minimum atomic E-state index is 0.285. The summed E-state index contributed by atoms with van der Waals surface area (Å²) in [5.74, 6) is 0.292. The molecule has 1 amide bonds. The topological polar surface area (TPSA) is 25.2 Å². The Morgan fingerprint density at radius 2 is 1.80 bits per heavy atom. The lowest BCUT2D eigenvalue weighted by Crippen LogP contribution is -2.44. The van der Waals surface area contributed by atoms with Crippen molar-refractivity contribution in [1.82, 2.24) is 9.47 Å². The first-order chi connectivity index (χ1) is 12.2. The summed E-state index contributed by atoms with van der Waals surface area (Å²) in [5, 5.41) is 1.31. The van der Waals surface area contributed by atoms with Crippen LogP contribution in [0.4, 0.5) is 0 Å². The summed E-state index contributed by atoms with van der Waals surface area (Å²) in [6, 6.07) is 19.1. The minimum absolute atomic E-state index is 0.285. The highest BCUT2D eigenvalue weighted by Crippen LogP contribution is 2.28. The van der Waals surface area contributed by atoms with Crippen LogP contribution in [0.15, 0.2) is 60.8 Å². The Morgan fingerprint density at radius 3 is 2.64 bits per heavy atom. The van der Waals surface area contributed by atoms with Crippen LogP contribution in [0, 0.1) is 0 Å². The van der Waals surface area contributed by atoms with E-state index in [1.54, 1.807) is 0 Å². The Bertz CT molecular complexity index is 881. The lowest BCUT2D eigenvalue weighted by molar-refractivity contribution is -0.137. The number of para-hydroxylation sites is 1. The molecule has 1 saturated heterocycles. The van der Waals surface area contributed by atoms with Crippen LogP contribution in [0.2, 0.25) is 0 Å². The van der Waals surface area contributed by atoms with E-state index in [1.807, 2.05) is 18.2 Å². The fraction of sp³-hybridized carbons (Fsp3) is 0.318. The van der Waals surface area contributed by atoms with Crippen molar-refractivity contribution in [2.45, 2.75) is 38.3 Å². The van der Waals surface area contributed by atoms with Gasteiger partial charge >= 0.3 is 0 Å². The number of rotatable bonds is 4. The van der Waals surface area contributed by atoms with Crippen molar-refractivity contribution in [2.75, 3.05) is 0 Å². The smallest absolute Gasteiger partial charge is 0.223 e. The van der Waals surface area contributed by atoms with Gasteiger partial charge in [-0.25, -0.2) is 0 Å². The van der Waals surface area contributed by atoms with Crippen LogP contribution < -0.4 is 0 Å². The fourth-order valence-corrected chi connectivity index (χ4v) is 4.04. The number of carbonyl (C=O) groups is 1. The Morgan fingerprint density at radius 1 is 1.04 bits per heavy atom. The first-order valence-corrected chi connectivity index (χ1v) is 9.09. The Hall–Kier alpha value is -2.55. The molecular formula is C22H24N2O. The van der Waals surface area contributed by atoms with Crippen molar-refractivity contribution in [3.05, 3.63) is 71.9 Å². The lowest BCUT2D eigenvalue weighted by Gasteiger charge is -2.36. The summed E-state index contributed by atoms with van der Waals surface area (Å²) in [5.41, 5.74) is 3.81. The standard InChI is InChI=1S/C22H24N2O/c1-23-16-18(20-11-5-6-12-21(20)23)14-19-10-7-13-22(25)24(19)15-17-8-3-2-4-9-17/h2-6,8-9,11-12,16,19H,7,10,13-15H2,1H3. The number of aryl methyl sites for hydroxylation is 1. The molecule has 3 aromatic rings. The maximum atomic E-state index is 12.6. The van der Waals surface area contributed by atoms with Crippen LogP contribution >= 0.6 is 0 Å². The summed E-state index contributed by atoms with van der Waals surface area (Å²) in [7, 11) is 2.10. The summed E-state index contributed by atoms with van der Waals surface area (Å²) in [4.78, 5) is 14.7. The van der Waals surface area contributed by atoms with E-state index in [9.17, 15) is 4.79 Å². The molecule has 4 rings (SSSR count). The molecule has 1 unspecified atom stereocenters. The van der Waals surface area contributed by atoms with Gasteiger partial charge in [-0.3, -0.25) is 4.79 Å². The third kappa shape index (κ3) is 3.19. The van der Waals surface area contributed by atoms with Gasteiger partial charge in [0, 0.05) is 43.2 Å². The molecular weight excluding hydrogens is 308 g/mol. The molecule has 1 aromatic heterocycles. The van der Waals surface area contributed by atoms with E-state index in [0.29, 0.717) is 12.3 Å². The van der Waals surface area contributed by atoms with Crippen molar-refractivity contribution in [3.8, 4) is 0 Å². The second kappa shape index (κ2) is 6.75. The molecule has 0 spiro atoms. The van der Waals surface area contributed by atoms with Crippen LogP contribution in [0.3, 0.4) is 0 Å². The molecule has 0 saturated carbocycles. The van der Waals surface area contributed by atoms with E-state index < -0.39 is 0 Å². The fourth-order valence-electron chi connectivity index (χ4n) is 4.04. The minimum Gasteiger partial charge on any atom is -0.350 e. The van der Waals surface area contributed by atoms with Crippen molar-refractivity contribution in [1.29, 1.82) is 0 Å². The molecule has 0 aliphatic carbocycles. The zero-order valence-corrected chi connectivity index (χ0v) is 14.7. The zero-order valence-electron chi connectivity index (χ0n) is 14.7. The zero-order chi connectivity index (χ0) is 17.2. The van der Waals surface area contributed by atoms with Gasteiger partial charge in [-0.2, -0.15) is 0 Å². The summed E-state index contributed by atoms with van der Waals surface area (Å²) in [6.45, 7) is 0.717.